The molecule has 2 fully saturated rings. The van der Waals surface area contributed by atoms with Gasteiger partial charge >= 0.3 is 6.18 Å². The average Bonchev–Trinajstić information content (AvgIpc) is 2.71. The number of hydrogen-bond acceptors (Lipinski definition) is 4. The number of anilines is 1. The van der Waals surface area contributed by atoms with Crippen LogP contribution in [0.4, 0.5) is 19.0 Å². The fourth-order valence-electron chi connectivity index (χ4n) is 4.29. The van der Waals surface area contributed by atoms with Crippen LogP contribution in [-0.2, 0) is 11.0 Å². The van der Waals surface area contributed by atoms with Crippen molar-refractivity contribution >= 4 is 11.7 Å². The summed E-state index contributed by atoms with van der Waals surface area (Å²) in [6, 6.07) is 2.36. The van der Waals surface area contributed by atoms with E-state index in [1.807, 2.05) is 11.9 Å². The molecule has 1 amide bonds. The van der Waals surface area contributed by atoms with Crippen LogP contribution in [0, 0.1) is 11.8 Å². The van der Waals surface area contributed by atoms with Gasteiger partial charge in [-0.25, -0.2) is 4.98 Å². The molecule has 1 atom stereocenters. The number of carbonyl (C=O) groups is 1. The van der Waals surface area contributed by atoms with Gasteiger partial charge in [0.15, 0.2) is 0 Å². The van der Waals surface area contributed by atoms with Gasteiger partial charge in [-0.3, -0.25) is 4.79 Å². The number of nitrogens with one attached hydrogen (secondary N) is 1. The Morgan fingerprint density at radius 3 is 2.68 bits per heavy atom. The van der Waals surface area contributed by atoms with Crippen molar-refractivity contribution in [3.63, 3.8) is 0 Å². The van der Waals surface area contributed by atoms with E-state index in [0.29, 0.717) is 25.4 Å². The minimum atomic E-state index is -4.45. The van der Waals surface area contributed by atoms with Crippen LogP contribution in [0.2, 0.25) is 0 Å². The van der Waals surface area contributed by atoms with Gasteiger partial charge < -0.3 is 15.1 Å². The first kappa shape index (κ1) is 20.9. The monoisotopic (exact) mass is 398 g/mol. The van der Waals surface area contributed by atoms with Gasteiger partial charge in [-0.05, 0) is 63.7 Å². The summed E-state index contributed by atoms with van der Waals surface area (Å²) >= 11 is 0. The lowest BCUT2D eigenvalue weighted by Gasteiger charge is -2.38. The minimum absolute atomic E-state index is 0.0572. The summed E-state index contributed by atoms with van der Waals surface area (Å²) in [6.07, 6.45) is 1.48. The van der Waals surface area contributed by atoms with Crippen molar-refractivity contribution in [1.82, 2.24) is 15.2 Å². The number of aromatic nitrogens is 1. The van der Waals surface area contributed by atoms with E-state index in [-0.39, 0.29) is 17.6 Å². The molecule has 28 heavy (non-hydrogen) atoms. The van der Waals surface area contributed by atoms with Crippen LogP contribution in [0.3, 0.4) is 0 Å². The Labute approximate surface area is 164 Å². The van der Waals surface area contributed by atoms with E-state index in [4.69, 9.17) is 0 Å². The lowest BCUT2D eigenvalue weighted by molar-refractivity contribution is -0.137. The molecule has 0 saturated carbocycles. The summed E-state index contributed by atoms with van der Waals surface area (Å²) in [6.45, 7) is 3.29. The van der Waals surface area contributed by atoms with Crippen molar-refractivity contribution in [2.45, 2.75) is 38.3 Å². The quantitative estimate of drug-likeness (QED) is 0.828. The zero-order valence-electron chi connectivity index (χ0n) is 16.3. The van der Waals surface area contributed by atoms with Gasteiger partial charge in [0, 0.05) is 32.4 Å². The molecule has 2 saturated heterocycles. The van der Waals surface area contributed by atoms with Crippen LogP contribution < -0.4 is 10.2 Å². The predicted octanol–water partition coefficient (Wildman–Crippen LogP) is 3.16. The number of alkyl halides is 3. The average molecular weight is 398 g/mol. The van der Waals surface area contributed by atoms with E-state index in [0.717, 1.165) is 51.4 Å². The largest absolute Gasteiger partial charge is 0.419 e. The van der Waals surface area contributed by atoms with Gasteiger partial charge in [-0.2, -0.15) is 13.2 Å². The summed E-state index contributed by atoms with van der Waals surface area (Å²) in [5.74, 6) is 0.410. The Balaban J connectivity index is 1.62. The van der Waals surface area contributed by atoms with Crippen LogP contribution in [0.5, 0.6) is 0 Å². The van der Waals surface area contributed by atoms with Crippen LogP contribution in [0.1, 0.15) is 37.7 Å². The van der Waals surface area contributed by atoms with Gasteiger partial charge in [-0.15, -0.1) is 0 Å². The number of halogens is 3. The molecular weight excluding hydrogens is 369 g/mol. The molecule has 0 aliphatic carbocycles. The molecule has 3 rings (SSSR count). The van der Waals surface area contributed by atoms with Crippen LogP contribution in [-0.4, -0.2) is 55.6 Å². The summed E-state index contributed by atoms with van der Waals surface area (Å²) in [4.78, 5) is 20.5. The van der Waals surface area contributed by atoms with Gasteiger partial charge in [0.05, 0.1) is 11.5 Å². The predicted molar refractivity (Wildman–Crippen MR) is 102 cm³/mol. The summed E-state index contributed by atoms with van der Waals surface area (Å²) in [7, 11) is 1.94. The van der Waals surface area contributed by atoms with Crippen molar-refractivity contribution in [3.05, 3.63) is 23.9 Å². The first-order valence-electron chi connectivity index (χ1n) is 10.1. The molecule has 0 spiro atoms. The third kappa shape index (κ3) is 4.96. The van der Waals surface area contributed by atoms with Gasteiger partial charge in [0.2, 0.25) is 5.91 Å². The smallest absolute Gasteiger partial charge is 0.355 e. The van der Waals surface area contributed by atoms with E-state index < -0.39 is 11.7 Å². The second-order valence-corrected chi connectivity index (χ2v) is 7.82. The van der Waals surface area contributed by atoms with Gasteiger partial charge in [0.25, 0.3) is 0 Å². The Hall–Kier alpha value is -1.83. The molecule has 1 aromatic heterocycles. The molecule has 5 nitrogen and oxygen atoms in total. The third-order valence-electron chi connectivity index (χ3n) is 5.89. The zero-order chi connectivity index (χ0) is 20.1. The molecule has 156 valence electrons. The summed E-state index contributed by atoms with van der Waals surface area (Å²) in [5.41, 5.74) is -0.728. The third-order valence-corrected chi connectivity index (χ3v) is 5.89. The number of piperidine rings is 2. The number of nitrogens with zero attached hydrogens (tertiary/aromatic N) is 3. The molecule has 2 aliphatic heterocycles. The SMILES string of the molecule is CNCCC1CCN(C(=O)C2CCCN(c3ncccc3C(F)(F)F)C2)CC1. The maximum atomic E-state index is 13.3. The molecule has 2 aliphatic rings. The van der Waals surface area contributed by atoms with Crippen LogP contribution in [0.15, 0.2) is 18.3 Å². The first-order chi connectivity index (χ1) is 13.4. The first-order valence-corrected chi connectivity index (χ1v) is 10.1. The number of rotatable bonds is 5. The highest BCUT2D eigenvalue weighted by Crippen LogP contribution is 2.36. The highest BCUT2D eigenvalue weighted by molar-refractivity contribution is 5.80. The molecule has 8 heteroatoms. The summed E-state index contributed by atoms with van der Waals surface area (Å²) in [5, 5.41) is 3.16. The standard InChI is InChI=1S/C20H29F3N4O/c1-24-10-6-15-7-12-26(13-8-15)19(28)16-4-3-11-27(14-16)18-17(20(21,22)23)5-2-9-25-18/h2,5,9,15-16,24H,3-4,6-8,10-14H2,1H3. The van der Waals surface area contributed by atoms with E-state index in [1.165, 1.54) is 12.3 Å². The second kappa shape index (κ2) is 9.11. The fourth-order valence-corrected chi connectivity index (χ4v) is 4.29. The zero-order valence-corrected chi connectivity index (χ0v) is 16.3. The Kier molecular flexibility index (Phi) is 6.80. The van der Waals surface area contributed by atoms with E-state index in [2.05, 4.69) is 10.3 Å². The lowest BCUT2D eigenvalue weighted by Crippen LogP contribution is -2.48. The van der Waals surface area contributed by atoms with Crippen LogP contribution >= 0.6 is 0 Å². The number of hydrogen-bond donors (Lipinski definition) is 1. The molecule has 1 unspecified atom stereocenters. The van der Waals surface area contributed by atoms with E-state index in [1.54, 1.807) is 4.90 Å². The molecule has 1 aromatic rings. The molecule has 3 heterocycles. The second-order valence-electron chi connectivity index (χ2n) is 7.82. The number of likely N-dealkylation sites (tertiary alicyclic amines) is 1. The molecular formula is C20H29F3N4O. The van der Waals surface area contributed by atoms with Gasteiger partial charge in [-0.1, -0.05) is 0 Å². The van der Waals surface area contributed by atoms with E-state index >= 15 is 0 Å². The Morgan fingerprint density at radius 2 is 2.00 bits per heavy atom. The lowest BCUT2D eigenvalue weighted by atomic mass is 9.91. The topological polar surface area (TPSA) is 48.5 Å². The Bertz CT molecular complexity index is 659. The Morgan fingerprint density at radius 1 is 1.25 bits per heavy atom. The van der Waals surface area contributed by atoms with Crippen LogP contribution in [0.25, 0.3) is 0 Å². The summed E-state index contributed by atoms with van der Waals surface area (Å²) < 4.78 is 40.0. The van der Waals surface area contributed by atoms with Crippen molar-refractivity contribution in [2.75, 3.05) is 44.7 Å². The van der Waals surface area contributed by atoms with Crippen molar-refractivity contribution in [3.8, 4) is 0 Å². The van der Waals surface area contributed by atoms with E-state index in [9.17, 15) is 18.0 Å². The highest BCUT2D eigenvalue weighted by atomic mass is 19.4. The highest BCUT2D eigenvalue weighted by Gasteiger charge is 2.38. The molecule has 0 bridgehead atoms. The molecule has 0 aromatic carbocycles. The maximum Gasteiger partial charge on any atom is 0.419 e. The number of amides is 1. The normalized spacial score (nSPS) is 21.8. The van der Waals surface area contributed by atoms with Gasteiger partial charge in [0.1, 0.15) is 5.82 Å². The molecule has 0 radical (unpaired) electrons. The van der Waals surface area contributed by atoms with Crippen molar-refractivity contribution in [1.29, 1.82) is 0 Å². The molecule has 1 N–H and O–H groups in total. The maximum absolute atomic E-state index is 13.3. The minimum Gasteiger partial charge on any atom is -0.355 e. The van der Waals surface area contributed by atoms with Crippen molar-refractivity contribution in [2.24, 2.45) is 11.8 Å². The number of pyridine rings is 1. The number of carbonyl (C=O) groups excluding carboxylic acids is 1. The fraction of sp³-hybridized carbons (Fsp3) is 0.700. The van der Waals surface area contributed by atoms with Crippen molar-refractivity contribution < 1.29 is 18.0 Å².